The number of hydrogen-bond acceptors (Lipinski definition) is 2. The highest BCUT2D eigenvalue weighted by molar-refractivity contribution is 7.00. The van der Waals surface area contributed by atoms with Crippen molar-refractivity contribution in [3.05, 3.63) is 125 Å². The highest BCUT2D eigenvalue weighted by Crippen LogP contribution is 2.61. The van der Waals surface area contributed by atoms with Gasteiger partial charge in [0.25, 0.3) is 6.71 Å². The lowest BCUT2D eigenvalue weighted by atomic mass is 9.33. The van der Waals surface area contributed by atoms with Crippen molar-refractivity contribution in [1.82, 2.24) is 0 Å². The quantitative estimate of drug-likeness (QED) is 0.165. The van der Waals surface area contributed by atoms with Gasteiger partial charge in [-0.3, -0.25) is 0 Å². The van der Waals surface area contributed by atoms with Crippen LogP contribution in [0.3, 0.4) is 0 Å². The highest BCUT2D eigenvalue weighted by atomic mass is 15.2. The monoisotopic (exact) mass is 779 g/mol. The van der Waals surface area contributed by atoms with E-state index in [1.54, 1.807) is 5.56 Å². The maximum Gasteiger partial charge on any atom is 0.252 e. The summed E-state index contributed by atoms with van der Waals surface area (Å²) < 4.78 is 0. The lowest BCUT2D eigenvalue weighted by molar-refractivity contribution is -0.00515. The van der Waals surface area contributed by atoms with Gasteiger partial charge in [-0.1, -0.05) is 132 Å². The van der Waals surface area contributed by atoms with E-state index in [9.17, 15) is 0 Å². The van der Waals surface area contributed by atoms with Gasteiger partial charge in [0, 0.05) is 34.1 Å². The first-order valence-electron chi connectivity index (χ1n) is 23.0. The molecule has 0 atom stereocenters. The second-order valence-electron chi connectivity index (χ2n) is 23.9. The molecule has 4 aliphatic carbocycles. The summed E-state index contributed by atoms with van der Waals surface area (Å²) in [6.45, 7) is 28.4. The number of rotatable bonds is 3. The Morgan fingerprint density at radius 1 is 0.441 bits per heavy atom. The van der Waals surface area contributed by atoms with Crippen molar-refractivity contribution >= 4 is 57.2 Å². The Hall–Kier alpha value is -4.24. The normalized spacial score (nSPS) is 23.3. The van der Waals surface area contributed by atoms with Crippen LogP contribution in [0.15, 0.2) is 97.1 Å². The summed E-state index contributed by atoms with van der Waals surface area (Å²) in [4.78, 5) is 5.25. The van der Waals surface area contributed by atoms with Gasteiger partial charge in [0.05, 0.1) is 0 Å². The second kappa shape index (κ2) is 12.9. The van der Waals surface area contributed by atoms with Crippen LogP contribution in [0, 0.1) is 17.8 Å². The van der Waals surface area contributed by atoms with Crippen LogP contribution in [-0.4, -0.2) is 6.71 Å². The average Bonchev–Trinajstić information content (AvgIpc) is 3.15. The van der Waals surface area contributed by atoms with Gasteiger partial charge in [0.1, 0.15) is 0 Å². The zero-order valence-corrected chi connectivity index (χ0v) is 38.2. The summed E-state index contributed by atoms with van der Waals surface area (Å²) >= 11 is 0. The van der Waals surface area contributed by atoms with E-state index < -0.39 is 0 Å². The minimum atomic E-state index is 0.00789. The van der Waals surface area contributed by atoms with Crippen molar-refractivity contribution in [3.63, 3.8) is 0 Å². The SMILES string of the molecule is CC(C)(C)c1ccc(N2c3ccc(C(C)(C)C)cc3B3c4cc(C56CC7CC(CC(C7)C5)C6)ccc4N(c4cc(C(C)(C)C)cc(C(C)(C)C)c4)c4cccc2c43)cc1. The van der Waals surface area contributed by atoms with Crippen LogP contribution in [0.5, 0.6) is 0 Å². The van der Waals surface area contributed by atoms with Crippen molar-refractivity contribution in [3.8, 4) is 0 Å². The molecule has 0 spiro atoms. The topological polar surface area (TPSA) is 6.48 Å². The van der Waals surface area contributed by atoms with Crippen molar-refractivity contribution in [2.24, 2.45) is 17.8 Å². The molecule has 0 amide bonds. The van der Waals surface area contributed by atoms with E-state index in [1.807, 2.05) is 0 Å². The van der Waals surface area contributed by atoms with Gasteiger partial charge in [-0.25, -0.2) is 0 Å². The van der Waals surface area contributed by atoms with Gasteiger partial charge >= 0.3 is 0 Å². The van der Waals surface area contributed by atoms with Gasteiger partial charge in [-0.2, -0.15) is 0 Å². The van der Waals surface area contributed by atoms with E-state index in [-0.39, 0.29) is 28.4 Å². The minimum Gasteiger partial charge on any atom is -0.311 e. The van der Waals surface area contributed by atoms with Gasteiger partial charge in [0.2, 0.25) is 0 Å². The molecule has 4 fully saturated rings. The molecule has 3 heteroatoms. The number of fused-ring (bicyclic) bond motifs is 4. The summed E-state index contributed by atoms with van der Waals surface area (Å²) in [6.07, 6.45) is 8.52. The molecule has 11 rings (SSSR count). The minimum absolute atomic E-state index is 0.00789. The zero-order valence-electron chi connectivity index (χ0n) is 38.2. The average molecular weight is 779 g/mol. The van der Waals surface area contributed by atoms with Crippen molar-refractivity contribution in [2.45, 2.75) is 149 Å². The molecule has 0 aromatic heterocycles. The van der Waals surface area contributed by atoms with E-state index >= 15 is 0 Å². The van der Waals surface area contributed by atoms with E-state index in [1.165, 1.54) is 111 Å². The molecule has 0 radical (unpaired) electrons. The molecular weight excluding hydrogens is 711 g/mol. The van der Waals surface area contributed by atoms with E-state index in [0.717, 1.165) is 17.8 Å². The number of benzene rings is 5. The lowest BCUT2D eigenvalue weighted by Crippen LogP contribution is -2.62. The number of anilines is 6. The van der Waals surface area contributed by atoms with Crippen molar-refractivity contribution < 1.29 is 0 Å². The van der Waals surface area contributed by atoms with Crippen LogP contribution in [0.1, 0.15) is 149 Å². The Morgan fingerprint density at radius 3 is 1.41 bits per heavy atom. The second-order valence-corrected chi connectivity index (χ2v) is 23.9. The predicted octanol–water partition coefficient (Wildman–Crippen LogP) is 13.4. The summed E-state index contributed by atoms with van der Waals surface area (Å²) in [5.41, 5.74) is 19.7. The number of nitrogens with zero attached hydrogens (tertiary/aromatic N) is 2. The van der Waals surface area contributed by atoms with Gasteiger partial charge < -0.3 is 9.80 Å². The Balaban J connectivity index is 1.26. The van der Waals surface area contributed by atoms with E-state index in [0.29, 0.717) is 5.41 Å². The van der Waals surface area contributed by atoms with Crippen LogP contribution in [0.25, 0.3) is 0 Å². The van der Waals surface area contributed by atoms with E-state index in [4.69, 9.17) is 0 Å². The molecule has 0 N–H and O–H groups in total. The maximum absolute atomic E-state index is 2.75. The molecule has 4 bridgehead atoms. The van der Waals surface area contributed by atoms with Crippen LogP contribution in [0.4, 0.5) is 34.1 Å². The van der Waals surface area contributed by atoms with Crippen LogP contribution < -0.4 is 26.2 Å². The molecule has 6 aliphatic rings. The molecule has 0 saturated heterocycles. The first kappa shape index (κ1) is 38.9. The Labute approximate surface area is 356 Å². The molecule has 0 unspecified atom stereocenters. The lowest BCUT2D eigenvalue weighted by Gasteiger charge is -2.57. The third-order valence-electron chi connectivity index (χ3n) is 15.4. The summed E-state index contributed by atoms with van der Waals surface area (Å²) in [7, 11) is 0. The van der Waals surface area contributed by atoms with Crippen LogP contribution >= 0.6 is 0 Å². The first-order valence-corrected chi connectivity index (χ1v) is 23.0. The molecule has 4 saturated carbocycles. The predicted molar refractivity (Wildman–Crippen MR) is 255 cm³/mol. The fourth-order valence-corrected chi connectivity index (χ4v) is 12.5. The molecule has 5 aromatic carbocycles. The fraction of sp³-hybridized carbons (Fsp3) is 0.464. The van der Waals surface area contributed by atoms with Crippen molar-refractivity contribution in [1.29, 1.82) is 0 Å². The van der Waals surface area contributed by atoms with Gasteiger partial charge in [-0.15, -0.1) is 0 Å². The van der Waals surface area contributed by atoms with Gasteiger partial charge in [0.15, 0.2) is 0 Å². The third-order valence-corrected chi connectivity index (χ3v) is 15.4. The largest absolute Gasteiger partial charge is 0.311 e. The molecule has 5 aromatic rings. The summed E-state index contributed by atoms with van der Waals surface area (Å²) in [5, 5.41) is 0. The standard InChI is InChI=1S/C56H67BN2/c1-52(2,3)38-16-20-43(21-17-38)58-47-22-18-39(53(4,5)6)30-45(47)57-46-31-40(56-32-35-24-36(33-56)26-37(25-35)34-56)19-23-48(46)59(50-15-13-14-49(58)51(50)57)44-28-41(54(7,8)9)27-42(29-44)55(10,11)12/h13-23,27-31,35-37H,24-26,32-34H2,1-12H3. The number of hydrogen-bond donors (Lipinski definition) is 0. The Morgan fingerprint density at radius 2 is 0.898 bits per heavy atom. The zero-order chi connectivity index (χ0) is 41.6. The molecule has 304 valence electrons. The van der Waals surface area contributed by atoms with Crippen LogP contribution in [0.2, 0.25) is 0 Å². The van der Waals surface area contributed by atoms with E-state index in [2.05, 4.69) is 190 Å². The Kier molecular flexibility index (Phi) is 8.51. The Bertz CT molecular complexity index is 2410. The fourth-order valence-electron chi connectivity index (χ4n) is 12.5. The smallest absolute Gasteiger partial charge is 0.252 e. The molecule has 59 heavy (non-hydrogen) atoms. The van der Waals surface area contributed by atoms with Crippen LogP contribution in [-0.2, 0) is 27.1 Å². The third kappa shape index (κ3) is 6.34. The molecule has 2 heterocycles. The van der Waals surface area contributed by atoms with Gasteiger partial charge in [-0.05, 0) is 176 Å². The summed E-state index contributed by atoms with van der Waals surface area (Å²) in [6, 6.07) is 39.4. The molecular formula is C56H67BN2. The molecule has 2 nitrogen and oxygen atoms in total. The summed E-state index contributed by atoms with van der Waals surface area (Å²) in [5.74, 6) is 2.71. The maximum atomic E-state index is 2.75. The molecule has 2 aliphatic heterocycles. The van der Waals surface area contributed by atoms with Crippen molar-refractivity contribution in [2.75, 3.05) is 9.80 Å². The first-order chi connectivity index (χ1) is 27.7. The highest BCUT2D eigenvalue weighted by Gasteiger charge is 2.52.